The Kier molecular flexibility index (Phi) is 2.16. The fourth-order valence-corrected chi connectivity index (χ4v) is 1.19. The van der Waals surface area contributed by atoms with Crippen LogP contribution in [0, 0.1) is 6.92 Å². The van der Waals surface area contributed by atoms with Crippen molar-refractivity contribution in [3.63, 3.8) is 0 Å². The second kappa shape index (κ2) is 2.76. The van der Waals surface area contributed by atoms with E-state index in [4.69, 9.17) is 11.6 Å². The molecule has 0 aliphatic carbocycles. The van der Waals surface area contributed by atoms with E-state index < -0.39 is 0 Å². The summed E-state index contributed by atoms with van der Waals surface area (Å²) in [6.45, 7) is 1.75. The molecule has 1 heterocycles. The molecule has 0 radical (unpaired) electrons. The van der Waals surface area contributed by atoms with Gasteiger partial charge in [0.25, 0.3) is 5.56 Å². The Labute approximate surface area is 71.3 Å². The van der Waals surface area contributed by atoms with E-state index >= 15 is 0 Å². The third-order valence-corrected chi connectivity index (χ3v) is 2.11. The van der Waals surface area contributed by atoms with Crippen molar-refractivity contribution in [2.24, 2.45) is 0 Å². The first-order chi connectivity index (χ1) is 4.61. The highest BCUT2D eigenvalue weighted by molar-refractivity contribution is 9.10. The summed E-state index contributed by atoms with van der Waals surface area (Å²) in [4.78, 5) is 13.4. The normalized spacial score (nSPS) is 9.90. The van der Waals surface area contributed by atoms with Gasteiger partial charge in [0.2, 0.25) is 0 Å². The maximum absolute atomic E-state index is 10.8. The number of aromatic nitrogens is 1. The SMILES string of the molecule is Cc1[nH]c(=O)c(Br)cc1Cl. The van der Waals surface area contributed by atoms with E-state index in [0.29, 0.717) is 15.2 Å². The third kappa shape index (κ3) is 1.41. The molecule has 0 amide bonds. The van der Waals surface area contributed by atoms with E-state index in [1.54, 1.807) is 13.0 Å². The van der Waals surface area contributed by atoms with Gasteiger partial charge in [0.1, 0.15) is 0 Å². The summed E-state index contributed by atoms with van der Waals surface area (Å²) >= 11 is 8.74. The molecule has 0 atom stereocenters. The molecular weight excluding hydrogens is 217 g/mol. The lowest BCUT2D eigenvalue weighted by molar-refractivity contribution is 1.13. The van der Waals surface area contributed by atoms with Crippen molar-refractivity contribution in [2.45, 2.75) is 6.92 Å². The smallest absolute Gasteiger partial charge is 0.262 e. The van der Waals surface area contributed by atoms with Crippen LogP contribution >= 0.6 is 27.5 Å². The second-order valence-corrected chi connectivity index (χ2v) is 3.18. The lowest BCUT2D eigenvalue weighted by Gasteiger charge is -1.95. The van der Waals surface area contributed by atoms with Crippen molar-refractivity contribution < 1.29 is 0 Å². The summed E-state index contributed by atoms with van der Waals surface area (Å²) in [5.74, 6) is 0. The second-order valence-electron chi connectivity index (χ2n) is 1.92. The fraction of sp³-hybridized carbons (Fsp3) is 0.167. The Morgan fingerprint density at radius 2 is 2.30 bits per heavy atom. The number of hydrogen-bond acceptors (Lipinski definition) is 1. The number of aryl methyl sites for hydroxylation is 1. The predicted octanol–water partition coefficient (Wildman–Crippen LogP) is 2.10. The molecule has 0 bridgehead atoms. The van der Waals surface area contributed by atoms with E-state index in [1.165, 1.54) is 0 Å². The number of H-pyrrole nitrogens is 1. The largest absolute Gasteiger partial charge is 0.324 e. The summed E-state index contributed by atoms with van der Waals surface area (Å²) in [7, 11) is 0. The van der Waals surface area contributed by atoms with Crippen LogP contribution in [-0.2, 0) is 0 Å². The van der Waals surface area contributed by atoms with Crippen LogP contribution in [-0.4, -0.2) is 4.98 Å². The molecular formula is C6H5BrClNO. The molecule has 0 saturated heterocycles. The molecule has 0 spiro atoms. The Morgan fingerprint density at radius 1 is 1.70 bits per heavy atom. The van der Waals surface area contributed by atoms with Gasteiger partial charge in [0, 0.05) is 5.69 Å². The van der Waals surface area contributed by atoms with Crippen molar-refractivity contribution in [3.05, 3.63) is 31.6 Å². The van der Waals surface area contributed by atoms with E-state index in [2.05, 4.69) is 20.9 Å². The number of halogens is 2. The maximum atomic E-state index is 10.8. The molecule has 2 nitrogen and oxygen atoms in total. The summed E-state index contributed by atoms with van der Waals surface area (Å²) in [6, 6.07) is 1.58. The van der Waals surface area contributed by atoms with Gasteiger partial charge in [-0.3, -0.25) is 4.79 Å². The summed E-state index contributed by atoms with van der Waals surface area (Å²) in [6.07, 6.45) is 0. The first-order valence-electron chi connectivity index (χ1n) is 2.66. The van der Waals surface area contributed by atoms with Crippen LogP contribution in [0.5, 0.6) is 0 Å². The zero-order valence-corrected chi connectivity index (χ0v) is 7.58. The van der Waals surface area contributed by atoms with Crippen molar-refractivity contribution in [2.75, 3.05) is 0 Å². The highest BCUT2D eigenvalue weighted by Gasteiger charge is 1.98. The Morgan fingerprint density at radius 3 is 2.80 bits per heavy atom. The highest BCUT2D eigenvalue weighted by atomic mass is 79.9. The average Bonchev–Trinajstić information content (AvgIpc) is 1.84. The fourth-order valence-electron chi connectivity index (χ4n) is 0.575. The molecule has 0 unspecified atom stereocenters. The molecule has 10 heavy (non-hydrogen) atoms. The summed E-state index contributed by atoms with van der Waals surface area (Å²) < 4.78 is 0.461. The van der Waals surface area contributed by atoms with Crippen LogP contribution in [0.25, 0.3) is 0 Å². The van der Waals surface area contributed by atoms with Crippen LogP contribution in [0.3, 0.4) is 0 Å². The van der Waals surface area contributed by atoms with Gasteiger partial charge in [-0.1, -0.05) is 11.6 Å². The molecule has 0 fully saturated rings. The lowest BCUT2D eigenvalue weighted by atomic mass is 10.4. The summed E-state index contributed by atoms with van der Waals surface area (Å²) in [5.41, 5.74) is 0.539. The number of aromatic amines is 1. The van der Waals surface area contributed by atoms with Gasteiger partial charge in [-0.05, 0) is 28.9 Å². The zero-order valence-electron chi connectivity index (χ0n) is 5.24. The van der Waals surface area contributed by atoms with Gasteiger partial charge in [-0.2, -0.15) is 0 Å². The van der Waals surface area contributed by atoms with E-state index in [9.17, 15) is 4.79 Å². The number of pyridine rings is 1. The maximum Gasteiger partial charge on any atom is 0.262 e. The van der Waals surface area contributed by atoms with Gasteiger partial charge in [-0.15, -0.1) is 0 Å². The molecule has 1 aromatic heterocycles. The quantitative estimate of drug-likeness (QED) is 0.716. The third-order valence-electron chi connectivity index (χ3n) is 1.13. The van der Waals surface area contributed by atoms with Crippen LogP contribution < -0.4 is 5.56 Å². The Balaban J connectivity index is 3.43. The van der Waals surface area contributed by atoms with Gasteiger partial charge >= 0.3 is 0 Å². The minimum atomic E-state index is -0.151. The van der Waals surface area contributed by atoms with Crippen molar-refractivity contribution >= 4 is 27.5 Å². The standard InChI is InChI=1S/C6H5BrClNO/c1-3-5(8)2-4(7)6(10)9-3/h2H,1H3,(H,9,10). The van der Waals surface area contributed by atoms with E-state index in [0.717, 1.165) is 0 Å². The van der Waals surface area contributed by atoms with E-state index in [1.807, 2.05) is 0 Å². The van der Waals surface area contributed by atoms with Gasteiger partial charge in [-0.25, -0.2) is 0 Å². The Hall–Kier alpha value is -0.280. The Bertz CT molecular complexity index is 307. The van der Waals surface area contributed by atoms with Crippen LogP contribution in [0.2, 0.25) is 5.02 Å². The molecule has 0 saturated carbocycles. The highest BCUT2D eigenvalue weighted by Crippen LogP contribution is 2.14. The molecule has 4 heteroatoms. The number of rotatable bonds is 0. The van der Waals surface area contributed by atoms with Crippen molar-refractivity contribution in [1.29, 1.82) is 0 Å². The summed E-state index contributed by atoms with van der Waals surface area (Å²) in [5, 5.41) is 0.562. The molecule has 54 valence electrons. The van der Waals surface area contributed by atoms with Gasteiger partial charge in [0.15, 0.2) is 0 Å². The zero-order chi connectivity index (χ0) is 7.72. The molecule has 1 N–H and O–H groups in total. The topological polar surface area (TPSA) is 32.9 Å². The molecule has 0 aliphatic heterocycles. The number of hydrogen-bond donors (Lipinski definition) is 1. The van der Waals surface area contributed by atoms with Crippen LogP contribution in [0.4, 0.5) is 0 Å². The van der Waals surface area contributed by atoms with Crippen LogP contribution in [0.15, 0.2) is 15.3 Å². The first kappa shape index (κ1) is 7.82. The van der Waals surface area contributed by atoms with Gasteiger partial charge < -0.3 is 4.98 Å². The van der Waals surface area contributed by atoms with Crippen molar-refractivity contribution in [3.8, 4) is 0 Å². The van der Waals surface area contributed by atoms with Crippen molar-refractivity contribution in [1.82, 2.24) is 4.98 Å². The average molecular weight is 222 g/mol. The van der Waals surface area contributed by atoms with Crippen LogP contribution in [0.1, 0.15) is 5.69 Å². The lowest BCUT2D eigenvalue weighted by Crippen LogP contribution is -2.07. The molecule has 1 aromatic rings. The molecule has 0 aromatic carbocycles. The first-order valence-corrected chi connectivity index (χ1v) is 3.83. The monoisotopic (exact) mass is 221 g/mol. The minimum absolute atomic E-state index is 0.151. The predicted molar refractivity (Wildman–Crippen MR) is 44.5 cm³/mol. The minimum Gasteiger partial charge on any atom is -0.324 e. The number of nitrogens with one attached hydrogen (secondary N) is 1. The van der Waals surface area contributed by atoms with Gasteiger partial charge in [0.05, 0.1) is 9.50 Å². The van der Waals surface area contributed by atoms with E-state index in [-0.39, 0.29) is 5.56 Å². The molecule has 1 rings (SSSR count). The molecule has 0 aliphatic rings.